The van der Waals surface area contributed by atoms with Crippen molar-refractivity contribution < 1.29 is 4.79 Å². The fourth-order valence-electron chi connectivity index (χ4n) is 5.02. The summed E-state index contributed by atoms with van der Waals surface area (Å²) in [6, 6.07) is 0.331. The van der Waals surface area contributed by atoms with Gasteiger partial charge < -0.3 is 20.4 Å². The Morgan fingerprint density at radius 3 is 2.52 bits per heavy atom. The molecular weight excluding hydrogens is 362 g/mol. The van der Waals surface area contributed by atoms with Crippen molar-refractivity contribution in [3.8, 4) is 0 Å². The predicted octanol–water partition coefficient (Wildman–Crippen LogP) is 2.99. The standard InChI is InChI=1S/C23H43N5O/c1-2-24-23(25-14-7-3-8-15-27-16-9-4-10-17-27)26-21-13-18-28(19-21)22(29)20-11-5-6-12-20/h20-21H,2-19H2,1H3,(H2,24,25,26). The zero-order valence-corrected chi connectivity index (χ0v) is 18.6. The number of rotatable bonds is 9. The average molecular weight is 406 g/mol. The van der Waals surface area contributed by atoms with Crippen LogP contribution in [0.1, 0.15) is 77.6 Å². The lowest BCUT2D eigenvalue weighted by Crippen LogP contribution is -2.45. The van der Waals surface area contributed by atoms with E-state index in [1.807, 2.05) is 0 Å². The van der Waals surface area contributed by atoms with Crippen LogP contribution in [-0.2, 0) is 4.79 Å². The summed E-state index contributed by atoms with van der Waals surface area (Å²) in [6.07, 6.45) is 13.5. The van der Waals surface area contributed by atoms with Gasteiger partial charge >= 0.3 is 0 Å². The van der Waals surface area contributed by atoms with Gasteiger partial charge in [-0.15, -0.1) is 0 Å². The molecule has 1 unspecified atom stereocenters. The van der Waals surface area contributed by atoms with Gasteiger partial charge in [0.25, 0.3) is 0 Å². The van der Waals surface area contributed by atoms with E-state index in [9.17, 15) is 4.79 Å². The van der Waals surface area contributed by atoms with E-state index in [1.54, 1.807) is 0 Å². The van der Waals surface area contributed by atoms with E-state index in [-0.39, 0.29) is 0 Å². The number of unbranched alkanes of at least 4 members (excludes halogenated alkanes) is 2. The lowest BCUT2D eigenvalue weighted by atomic mass is 10.1. The Morgan fingerprint density at radius 2 is 1.76 bits per heavy atom. The summed E-state index contributed by atoms with van der Waals surface area (Å²) < 4.78 is 0. The van der Waals surface area contributed by atoms with Gasteiger partial charge in [0.15, 0.2) is 5.96 Å². The highest BCUT2D eigenvalue weighted by molar-refractivity contribution is 5.81. The number of nitrogens with zero attached hydrogens (tertiary/aromatic N) is 3. The minimum atomic E-state index is 0.292. The second-order valence-corrected chi connectivity index (χ2v) is 9.12. The number of hydrogen-bond acceptors (Lipinski definition) is 3. The first-order chi connectivity index (χ1) is 14.3. The maximum Gasteiger partial charge on any atom is 0.225 e. The number of carbonyl (C=O) groups excluding carboxylic acids is 1. The molecule has 2 aliphatic heterocycles. The molecule has 0 aromatic rings. The van der Waals surface area contributed by atoms with Crippen molar-refractivity contribution in [3.63, 3.8) is 0 Å². The molecule has 1 saturated carbocycles. The van der Waals surface area contributed by atoms with Gasteiger partial charge in [-0.05, 0) is 71.5 Å². The van der Waals surface area contributed by atoms with Crippen molar-refractivity contribution in [1.29, 1.82) is 0 Å². The monoisotopic (exact) mass is 405 g/mol. The molecule has 2 heterocycles. The van der Waals surface area contributed by atoms with Gasteiger partial charge in [-0.3, -0.25) is 9.79 Å². The van der Waals surface area contributed by atoms with Gasteiger partial charge in [0.1, 0.15) is 0 Å². The topological polar surface area (TPSA) is 60.0 Å². The number of carbonyl (C=O) groups is 1. The first kappa shape index (κ1) is 22.4. The molecule has 166 valence electrons. The first-order valence-electron chi connectivity index (χ1n) is 12.3. The van der Waals surface area contributed by atoms with E-state index >= 15 is 0 Å². The van der Waals surface area contributed by atoms with E-state index in [0.717, 1.165) is 57.8 Å². The molecule has 1 aliphatic carbocycles. The van der Waals surface area contributed by atoms with Crippen LogP contribution in [0.4, 0.5) is 0 Å². The summed E-state index contributed by atoms with van der Waals surface area (Å²) >= 11 is 0. The van der Waals surface area contributed by atoms with Gasteiger partial charge in [-0.1, -0.05) is 25.7 Å². The van der Waals surface area contributed by atoms with Crippen LogP contribution in [0.3, 0.4) is 0 Å². The maximum atomic E-state index is 12.6. The average Bonchev–Trinajstić information content (AvgIpc) is 3.43. The Labute approximate surface area is 177 Å². The summed E-state index contributed by atoms with van der Waals surface area (Å²) in [6.45, 7) is 9.45. The lowest BCUT2D eigenvalue weighted by molar-refractivity contribution is -0.134. The van der Waals surface area contributed by atoms with Crippen molar-refractivity contribution >= 4 is 11.9 Å². The first-order valence-corrected chi connectivity index (χ1v) is 12.3. The van der Waals surface area contributed by atoms with Crippen molar-refractivity contribution in [1.82, 2.24) is 20.4 Å². The molecule has 6 heteroatoms. The molecule has 1 atom stereocenters. The smallest absolute Gasteiger partial charge is 0.225 e. The Balaban J connectivity index is 1.32. The van der Waals surface area contributed by atoms with E-state index in [1.165, 1.54) is 64.6 Å². The van der Waals surface area contributed by atoms with Crippen LogP contribution in [0, 0.1) is 5.92 Å². The predicted molar refractivity (Wildman–Crippen MR) is 120 cm³/mol. The third-order valence-electron chi connectivity index (χ3n) is 6.74. The third kappa shape index (κ3) is 7.47. The number of guanidine groups is 1. The van der Waals surface area contributed by atoms with Crippen LogP contribution in [0.2, 0.25) is 0 Å². The van der Waals surface area contributed by atoms with E-state index in [0.29, 0.717) is 17.9 Å². The third-order valence-corrected chi connectivity index (χ3v) is 6.74. The Hall–Kier alpha value is -1.30. The van der Waals surface area contributed by atoms with Crippen LogP contribution in [0.25, 0.3) is 0 Å². The highest BCUT2D eigenvalue weighted by atomic mass is 16.2. The summed E-state index contributed by atoms with van der Waals surface area (Å²) in [4.78, 5) is 22.1. The molecule has 2 N–H and O–H groups in total. The van der Waals surface area contributed by atoms with E-state index < -0.39 is 0 Å². The number of likely N-dealkylation sites (tertiary alicyclic amines) is 2. The molecule has 0 radical (unpaired) electrons. The second-order valence-electron chi connectivity index (χ2n) is 9.12. The van der Waals surface area contributed by atoms with Gasteiger partial charge in [0.05, 0.1) is 0 Å². The number of nitrogens with one attached hydrogen (secondary N) is 2. The molecule has 6 nitrogen and oxygen atoms in total. The fraction of sp³-hybridized carbons (Fsp3) is 0.913. The van der Waals surface area contributed by atoms with Gasteiger partial charge in [0, 0.05) is 38.1 Å². The fourth-order valence-corrected chi connectivity index (χ4v) is 5.02. The highest BCUT2D eigenvalue weighted by Crippen LogP contribution is 2.27. The molecule has 0 bridgehead atoms. The minimum absolute atomic E-state index is 0.292. The largest absolute Gasteiger partial charge is 0.357 e. The Bertz CT molecular complexity index is 511. The summed E-state index contributed by atoms with van der Waals surface area (Å²) in [7, 11) is 0. The maximum absolute atomic E-state index is 12.6. The van der Waals surface area contributed by atoms with Crippen LogP contribution < -0.4 is 10.6 Å². The van der Waals surface area contributed by atoms with Crippen LogP contribution in [0.15, 0.2) is 4.99 Å². The Morgan fingerprint density at radius 1 is 0.966 bits per heavy atom. The molecule has 3 aliphatic rings. The van der Waals surface area contributed by atoms with Crippen LogP contribution in [0.5, 0.6) is 0 Å². The quantitative estimate of drug-likeness (QED) is 0.352. The van der Waals surface area contributed by atoms with E-state index in [4.69, 9.17) is 4.99 Å². The van der Waals surface area contributed by atoms with Gasteiger partial charge in [-0.25, -0.2) is 0 Å². The zero-order valence-electron chi connectivity index (χ0n) is 18.6. The van der Waals surface area contributed by atoms with Gasteiger partial charge in [-0.2, -0.15) is 0 Å². The van der Waals surface area contributed by atoms with Crippen LogP contribution >= 0.6 is 0 Å². The van der Waals surface area contributed by atoms with Crippen molar-refractivity contribution in [2.24, 2.45) is 10.9 Å². The molecule has 2 saturated heterocycles. The van der Waals surface area contributed by atoms with Gasteiger partial charge in [0.2, 0.25) is 5.91 Å². The van der Waals surface area contributed by atoms with Crippen molar-refractivity contribution in [2.75, 3.05) is 45.8 Å². The lowest BCUT2D eigenvalue weighted by Gasteiger charge is -2.26. The van der Waals surface area contributed by atoms with Crippen molar-refractivity contribution in [3.05, 3.63) is 0 Å². The zero-order chi connectivity index (χ0) is 20.3. The molecule has 29 heavy (non-hydrogen) atoms. The summed E-state index contributed by atoms with van der Waals surface area (Å²) in [5, 5.41) is 6.95. The SMILES string of the molecule is CCNC(=NCCCCCN1CCCCC1)NC1CCN(C(=O)C2CCCC2)C1. The number of piperidine rings is 1. The highest BCUT2D eigenvalue weighted by Gasteiger charge is 2.32. The Kier molecular flexibility index (Phi) is 9.58. The van der Waals surface area contributed by atoms with Crippen molar-refractivity contribution in [2.45, 2.75) is 83.6 Å². The second kappa shape index (κ2) is 12.4. The molecule has 3 rings (SSSR count). The molecule has 0 spiro atoms. The molecule has 0 aromatic carbocycles. The number of hydrogen-bond donors (Lipinski definition) is 2. The molecular formula is C23H43N5O. The molecule has 3 fully saturated rings. The summed E-state index contributed by atoms with van der Waals surface area (Å²) in [5.41, 5.74) is 0. The summed E-state index contributed by atoms with van der Waals surface area (Å²) in [5.74, 6) is 1.60. The van der Waals surface area contributed by atoms with Crippen LogP contribution in [-0.4, -0.2) is 73.5 Å². The van der Waals surface area contributed by atoms with E-state index in [2.05, 4.69) is 27.4 Å². The normalized spacial score (nSPS) is 24.2. The molecule has 1 amide bonds. The minimum Gasteiger partial charge on any atom is -0.357 e. The number of amides is 1. The molecule has 0 aromatic heterocycles. The number of aliphatic imine (C=N–C) groups is 1.